The molecule has 100 valence electrons. The number of carbonyl (C=O) groups excluding carboxylic acids is 2. The summed E-state index contributed by atoms with van der Waals surface area (Å²) >= 11 is 0. The lowest BCUT2D eigenvalue weighted by molar-refractivity contribution is -0.137. The molecule has 0 saturated heterocycles. The summed E-state index contributed by atoms with van der Waals surface area (Å²) < 4.78 is 0. The van der Waals surface area contributed by atoms with Gasteiger partial charge < -0.3 is 5.32 Å². The van der Waals surface area contributed by atoms with Gasteiger partial charge in [0.1, 0.15) is 0 Å². The van der Waals surface area contributed by atoms with Crippen molar-refractivity contribution in [2.24, 2.45) is 11.3 Å². The quantitative estimate of drug-likeness (QED) is 0.601. The molecule has 0 aromatic carbocycles. The molecule has 0 aromatic heterocycles. The van der Waals surface area contributed by atoms with Crippen molar-refractivity contribution < 1.29 is 9.59 Å². The van der Waals surface area contributed by atoms with Gasteiger partial charge in [-0.1, -0.05) is 31.6 Å². The molecule has 1 aliphatic carbocycles. The van der Waals surface area contributed by atoms with Crippen LogP contribution in [0.1, 0.15) is 40.5 Å². The van der Waals surface area contributed by atoms with Crippen molar-refractivity contribution in [2.75, 3.05) is 0 Å². The van der Waals surface area contributed by atoms with Gasteiger partial charge in [-0.2, -0.15) is 0 Å². The van der Waals surface area contributed by atoms with Crippen LogP contribution in [-0.2, 0) is 9.59 Å². The Kier molecular flexibility index (Phi) is 4.49. The van der Waals surface area contributed by atoms with Gasteiger partial charge in [-0.05, 0) is 31.1 Å². The molecule has 0 aromatic rings. The Morgan fingerprint density at radius 1 is 1.61 bits per heavy atom. The summed E-state index contributed by atoms with van der Waals surface area (Å²) in [6.45, 7) is 11.5. The van der Waals surface area contributed by atoms with Gasteiger partial charge in [-0.15, -0.1) is 6.58 Å². The normalized spacial score (nSPS) is 23.1. The molecular formula is C15H23NO2. The Labute approximate surface area is 109 Å². The number of nitrogens with one attached hydrogen (secondary N) is 1. The van der Waals surface area contributed by atoms with Gasteiger partial charge in [0.2, 0.25) is 5.78 Å². The second-order valence-electron chi connectivity index (χ2n) is 5.61. The lowest BCUT2D eigenvalue weighted by Crippen LogP contribution is -2.46. The predicted molar refractivity (Wildman–Crippen MR) is 73.1 cm³/mol. The van der Waals surface area contributed by atoms with Crippen LogP contribution in [0, 0.1) is 11.3 Å². The minimum atomic E-state index is -0.498. The molecule has 3 nitrogen and oxygen atoms in total. The smallest absolute Gasteiger partial charge is 0.287 e. The van der Waals surface area contributed by atoms with E-state index in [1.54, 1.807) is 6.08 Å². The number of amides is 1. The van der Waals surface area contributed by atoms with E-state index in [9.17, 15) is 9.59 Å². The molecule has 0 fully saturated rings. The summed E-state index contributed by atoms with van der Waals surface area (Å²) in [6, 6.07) is -0.0254. The van der Waals surface area contributed by atoms with E-state index in [1.165, 1.54) is 12.5 Å². The molecule has 0 spiro atoms. The zero-order valence-electron chi connectivity index (χ0n) is 11.7. The van der Waals surface area contributed by atoms with Gasteiger partial charge in [-0.25, -0.2) is 0 Å². The highest BCUT2D eigenvalue weighted by molar-refractivity contribution is 6.35. The summed E-state index contributed by atoms with van der Waals surface area (Å²) in [5.41, 5.74) is 1.40. The Morgan fingerprint density at radius 3 is 2.61 bits per heavy atom. The van der Waals surface area contributed by atoms with Crippen LogP contribution in [0.5, 0.6) is 0 Å². The molecule has 0 aliphatic heterocycles. The summed E-state index contributed by atoms with van der Waals surface area (Å²) in [5, 5.41) is 2.84. The van der Waals surface area contributed by atoms with Crippen LogP contribution in [0.2, 0.25) is 0 Å². The first-order valence-electron chi connectivity index (χ1n) is 6.40. The van der Waals surface area contributed by atoms with Gasteiger partial charge in [0, 0.05) is 13.0 Å². The third-order valence-corrected chi connectivity index (χ3v) is 4.16. The van der Waals surface area contributed by atoms with E-state index in [-0.39, 0.29) is 11.5 Å². The van der Waals surface area contributed by atoms with Crippen LogP contribution in [0.3, 0.4) is 0 Å². The van der Waals surface area contributed by atoms with Crippen molar-refractivity contribution in [2.45, 2.75) is 46.6 Å². The molecule has 18 heavy (non-hydrogen) atoms. The number of hydrogen-bond donors (Lipinski definition) is 1. The predicted octanol–water partition coefficient (Wildman–Crippen LogP) is 2.63. The molecule has 0 radical (unpaired) electrons. The Balaban J connectivity index is 2.84. The van der Waals surface area contributed by atoms with Crippen molar-refractivity contribution in [3.8, 4) is 0 Å². The third-order valence-electron chi connectivity index (χ3n) is 4.16. The van der Waals surface area contributed by atoms with Gasteiger partial charge in [0.05, 0.1) is 0 Å². The van der Waals surface area contributed by atoms with E-state index < -0.39 is 11.7 Å². The fourth-order valence-electron chi connectivity index (χ4n) is 2.59. The monoisotopic (exact) mass is 249 g/mol. The molecule has 0 heterocycles. The van der Waals surface area contributed by atoms with E-state index in [1.807, 2.05) is 0 Å². The van der Waals surface area contributed by atoms with Crippen LogP contribution in [0.4, 0.5) is 0 Å². The van der Waals surface area contributed by atoms with E-state index >= 15 is 0 Å². The molecule has 2 atom stereocenters. The maximum atomic E-state index is 11.6. The van der Waals surface area contributed by atoms with Crippen molar-refractivity contribution in [3.05, 3.63) is 24.3 Å². The third kappa shape index (κ3) is 2.89. The van der Waals surface area contributed by atoms with Crippen LogP contribution in [0.25, 0.3) is 0 Å². The van der Waals surface area contributed by atoms with Gasteiger partial charge in [-0.3, -0.25) is 9.59 Å². The lowest BCUT2D eigenvalue weighted by atomic mass is 9.73. The average Bonchev–Trinajstić information content (AvgIpc) is 2.53. The highest BCUT2D eigenvalue weighted by Gasteiger charge is 2.40. The first-order chi connectivity index (χ1) is 8.30. The Bertz CT molecular complexity index is 393. The first-order valence-corrected chi connectivity index (χ1v) is 6.40. The number of carbonyl (C=O) groups is 2. The molecule has 1 N–H and O–H groups in total. The van der Waals surface area contributed by atoms with Gasteiger partial charge >= 0.3 is 0 Å². The minimum absolute atomic E-state index is 0.0254. The highest BCUT2D eigenvalue weighted by atomic mass is 16.2. The topological polar surface area (TPSA) is 46.2 Å². The largest absolute Gasteiger partial charge is 0.346 e. The molecule has 3 heteroatoms. The Hall–Kier alpha value is -1.38. The second kappa shape index (κ2) is 5.51. The number of rotatable bonds is 5. The van der Waals surface area contributed by atoms with Crippen LogP contribution < -0.4 is 5.32 Å². The maximum Gasteiger partial charge on any atom is 0.287 e. The van der Waals surface area contributed by atoms with Gasteiger partial charge in [0.25, 0.3) is 5.91 Å². The zero-order valence-corrected chi connectivity index (χ0v) is 11.7. The Morgan fingerprint density at radius 2 is 2.22 bits per heavy atom. The molecule has 0 saturated carbocycles. The van der Waals surface area contributed by atoms with Crippen LogP contribution in [-0.4, -0.2) is 17.7 Å². The van der Waals surface area contributed by atoms with Crippen LogP contribution in [0.15, 0.2) is 24.3 Å². The van der Waals surface area contributed by atoms with E-state index in [0.717, 1.165) is 6.42 Å². The highest BCUT2D eigenvalue weighted by Crippen LogP contribution is 2.45. The zero-order chi connectivity index (χ0) is 13.9. The minimum Gasteiger partial charge on any atom is -0.346 e. The number of ketones is 1. The SMILES string of the molecule is C=CCC(NC(=O)C(C)=O)C1CC=C(C)C1(C)C. The van der Waals surface area contributed by atoms with Crippen molar-refractivity contribution in [1.82, 2.24) is 5.32 Å². The maximum absolute atomic E-state index is 11.6. The molecule has 1 amide bonds. The molecule has 1 rings (SSSR count). The lowest BCUT2D eigenvalue weighted by Gasteiger charge is -2.35. The first kappa shape index (κ1) is 14.7. The van der Waals surface area contributed by atoms with E-state index in [2.05, 4.69) is 38.7 Å². The standard InChI is InChI=1S/C15H23NO2/c1-6-7-13(16-14(18)11(3)17)12-9-8-10(2)15(12,4)5/h6,8,12-13H,1,7,9H2,2-5H3,(H,16,18). The second-order valence-corrected chi connectivity index (χ2v) is 5.61. The molecule has 1 aliphatic rings. The summed E-state index contributed by atoms with van der Waals surface area (Å²) in [5.74, 6) is -0.620. The molecular weight excluding hydrogens is 226 g/mol. The average molecular weight is 249 g/mol. The van der Waals surface area contributed by atoms with Crippen LogP contribution >= 0.6 is 0 Å². The fraction of sp³-hybridized carbons (Fsp3) is 0.600. The van der Waals surface area contributed by atoms with E-state index in [0.29, 0.717) is 12.3 Å². The van der Waals surface area contributed by atoms with Crippen molar-refractivity contribution >= 4 is 11.7 Å². The number of allylic oxidation sites excluding steroid dienone is 2. The molecule has 2 unspecified atom stereocenters. The van der Waals surface area contributed by atoms with E-state index in [4.69, 9.17) is 0 Å². The summed E-state index contributed by atoms with van der Waals surface area (Å²) in [6.07, 6.45) is 5.65. The fourth-order valence-corrected chi connectivity index (χ4v) is 2.59. The molecule has 0 bridgehead atoms. The van der Waals surface area contributed by atoms with Crippen molar-refractivity contribution in [3.63, 3.8) is 0 Å². The number of hydrogen-bond acceptors (Lipinski definition) is 2. The van der Waals surface area contributed by atoms with Gasteiger partial charge in [0.15, 0.2) is 0 Å². The summed E-state index contributed by atoms with van der Waals surface area (Å²) in [7, 11) is 0. The number of Topliss-reactive ketones (excluding diaryl/α,β-unsaturated/α-hetero) is 1. The summed E-state index contributed by atoms with van der Waals surface area (Å²) in [4.78, 5) is 22.6. The van der Waals surface area contributed by atoms with Crippen molar-refractivity contribution in [1.29, 1.82) is 0 Å².